The Morgan fingerprint density at radius 1 is 1.26 bits per heavy atom. The first-order chi connectivity index (χ1) is 12.8. The van der Waals surface area contributed by atoms with Crippen molar-refractivity contribution in [2.24, 2.45) is 0 Å². The summed E-state index contributed by atoms with van der Waals surface area (Å²) in [6, 6.07) is 0.624. The number of hydrogen-bond acceptors (Lipinski definition) is 4. The van der Waals surface area contributed by atoms with E-state index in [9.17, 15) is 22.8 Å². The van der Waals surface area contributed by atoms with Crippen LogP contribution >= 0.6 is 0 Å². The van der Waals surface area contributed by atoms with Crippen LogP contribution in [-0.4, -0.2) is 69.2 Å². The molecule has 2 N–H and O–H groups in total. The number of piperidine rings is 1. The quantitative estimate of drug-likeness (QED) is 0.824. The van der Waals surface area contributed by atoms with Crippen molar-refractivity contribution in [2.45, 2.75) is 50.2 Å². The molecule has 2 saturated heterocycles. The molecule has 2 aliphatic heterocycles. The highest BCUT2D eigenvalue weighted by Gasteiger charge is 2.37. The number of H-pyrrole nitrogens is 1. The molecule has 10 heteroatoms. The first-order valence-electron chi connectivity index (χ1n) is 9.13. The summed E-state index contributed by atoms with van der Waals surface area (Å²) in [6.45, 7) is 1.24. The maximum atomic E-state index is 12.8. The molecule has 0 bridgehead atoms. The molecule has 27 heavy (non-hydrogen) atoms. The number of carboxylic acid groups (broad SMARTS) is 1. The van der Waals surface area contributed by atoms with Gasteiger partial charge in [0.2, 0.25) is 5.91 Å². The standard InChI is InChI=1S/C17H23F3N4O3/c18-17(19,20)14-8-12(21-22-14)11-4-3-7-23(9-11)13-5-1-2-6-24(16(13)27)10-15(25)26/h8,11,13H,1-7,9-10H2,(H,21,22)(H,25,26). The van der Waals surface area contributed by atoms with Crippen molar-refractivity contribution in [2.75, 3.05) is 26.2 Å². The number of aromatic nitrogens is 2. The van der Waals surface area contributed by atoms with Gasteiger partial charge in [0, 0.05) is 24.7 Å². The molecule has 1 aromatic rings. The van der Waals surface area contributed by atoms with Crippen molar-refractivity contribution < 1.29 is 27.9 Å². The Morgan fingerprint density at radius 2 is 2.04 bits per heavy atom. The van der Waals surface area contributed by atoms with E-state index in [4.69, 9.17) is 5.11 Å². The average Bonchev–Trinajstić information content (AvgIpc) is 3.04. The summed E-state index contributed by atoms with van der Waals surface area (Å²) in [5.74, 6) is -1.40. The fraction of sp³-hybridized carbons (Fsp3) is 0.706. The zero-order valence-electron chi connectivity index (χ0n) is 14.8. The first kappa shape index (κ1) is 19.7. The van der Waals surface area contributed by atoms with E-state index in [0.29, 0.717) is 31.7 Å². The topological polar surface area (TPSA) is 89.5 Å². The van der Waals surface area contributed by atoms with Crippen LogP contribution in [0.3, 0.4) is 0 Å². The zero-order valence-corrected chi connectivity index (χ0v) is 14.8. The smallest absolute Gasteiger partial charge is 0.435 e. The number of carbonyl (C=O) groups is 2. The largest absolute Gasteiger partial charge is 0.480 e. The molecule has 2 unspecified atom stereocenters. The van der Waals surface area contributed by atoms with Gasteiger partial charge in [-0.1, -0.05) is 0 Å². The molecular formula is C17H23F3N4O3. The van der Waals surface area contributed by atoms with Crippen LogP contribution in [-0.2, 0) is 15.8 Å². The highest BCUT2D eigenvalue weighted by atomic mass is 19.4. The second-order valence-corrected chi connectivity index (χ2v) is 7.21. The summed E-state index contributed by atoms with van der Waals surface area (Å²) in [5, 5.41) is 14.9. The first-order valence-corrected chi connectivity index (χ1v) is 9.13. The van der Waals surface area contributed by atoms with Gasteiger partial charge in [0.25, 0.3) is 0 Å². The fourth-order valence-electron chi connectivity index (χ4n) is 3.98. The minimum absolute atomic E-state index is 0.161. The normalized spacial score (nSPS) is 25.4. The lowest BCUT2D eigenvalue weighted by Crippen LogP contribution is -2.51. The number of hydrogen-bond donors (Lipinski definition) is 2. The van der Waals surface area contributed by atoms with Gasteiger partial charge in [-0.15, -0.1) is 0 Å². The van der Waals surface area contributed by atoms with E-state index in [1.807, 2.05) is 4.90 Å². The third kappa shape index (κ3) is 4.60. The molecule has 2 fully saturated rings. The monoisotopic (exact) mass is 388 g/mol. The second kappa shape index (κ2) is 7.87. The zero-order chi connectivity index (χ0) is 19.6. The number of likely N-dealkylation sites (tertiary alicyclic amines) is 2. The Balaban J connectivity index is 1.72. The van der Waals surface area contributed by atoms with Crippen LogP contribution in [0.4, 0.5) is 13.2 Å². The van der Waals surface area contributed by atoms with Crippen molar-refractivity contribution >= 4 is 11.9 Å². The number of aliphatic carboxylic acids is 1. The molecule has 7 nitrogen and oxygen atoms in total. The summed E-state index contributed by atoms with van der Waals surface area (Å²) in [4.78, 5) is 27.2. The molecule has 1 aromatic heterocycles. The fourth-order valence-corrected chi connectivity index (χ4v) is 3.98. The number of carboxylic acids is 1. The Hall–Kier alpha value is -2.10. The number of alkyl halides is 3. The van der Waals surface area contributed by atoms with Gasteiger partial charge >= 0.3 is 12.1 Å². The van der Waals surface area contributed by atoms with Crippen LogP contribution in [0.15, 0.2) is 6.07 Å². The molecule has 0 spiro atoms. The highest BCUT2D eigenvalue weighted by molar-refractivity contribution is 5.85. The van der Waals surface area contributed by atoms with Crippen molar-refractivity contribution in [3.05, 3.63) is 17.5 Å². The van der Waals surface area contributed by atoms with E-state index in [1.165, 1.54) is 4.90 Å². The lowest BCUT2D eigenvalue weighted by molar-refractivity contribution is -0.146. The molecule has 3 heterocycles. The molecule has 0 radical (unpaired) electrons. The van der Waals surface area contributed by atoms with Crippen molar-refractivity contribution in [1.82, 2.24) is 20.0 Å². The average molecular weight is 388 g/mol. The van der Waals surface area contributed by atoms with E-state index >= 15 is 0 Å². The van der Waals surface area contributed by atoms with Crippen molar-refractivity contribution in [1.29, 1.82) is 0 Å². The maximum absolute atomic E-state index is 12.8. The Bertz CT molecular complexity index is 691. The number of nitrogens with zero attached hydrogens (tertiary/aromatic N) is 3. The molecule has 1 amide bonds. The van der Waals surface area contributed by atoms with Gasteiger partial charge in [0.1, 0.15) is 6.54 Å². The molecule has 2 atom stereocenters. The van der Waals surface area contributed by atoms with Gasteiger partial charge in [0.15, 0.2) is 5.69 Å². The predicted molar refractivity (Wildman–Crippen MR) is 89.0 cm³/mol. The number of rotatable bonds is 4. The number of carbonyl (C=O) groups excluding carboxylic acids is 1. The van der Waals surface area contributed by atoms with Gasteiger partial charge in [-0.3, -0.25) is 19.6 Å². The minimum atomic E-state index is -4.49. The number of halogens is 3. The molecule has 150 valence electrons. The Labute approximate surface area is 154 Å². The van der Waals surface area contributed by atoms with Crippen LogP contribution in [0.5, 0.6) is 0 Å². The third-order valence-corrected chi connectivity index (χ3v) is 5.30. The molecule has 2 aliphatic rings. The second-order valence-electron chi connectivity index (χ2n) is 7.21. The predicted octanol–water partition coefficient (Wildman–Crippen LogP) is 2.07. The molecule has 0 aliphatic carbocycles. The third-order valence-electron chi connectivity index (χ3n) is 5.30. The summed E-state index contributed by atoms with van der Waals surface area (Å²) >= 11 is 0. The minimum Gasteiger partial charge on any atom is -0.480 e. The van der Waals surface area contributed by atoms with E-state index in [0.717, 1.165) is 31.7 Å². The Kier molecular flexibility index (Phi) is 5.73. The van der Waals surface area contributed by atoms with Crippen LogP contribution in [0.25, 0.3) is 0 Å². The van der Waals surface area contributed by atoms with Crippen LogP contribution in [0, 0.1) is 0 Å². The Morgan fingerprint density at radius 3 is 2.70 bits per heavy atom. The number of nitrogens with one attached hydrogen (secondary N) is 1. The lowest BCUT2D eigenvalue weighted by atomic mass is 9.92. The van der Waals surface area contributed by atoms with Gasteiger partial charge in [-0.25, -0.2) is 0 Å². The highest BCUT2D eigenvalue weighted by Crippen LogP contribution is 2.33. The molecular weight excluding hydrogens is 365 g/mol. The molecule has 0 saturated carbocycles. The van der Waals surface area contributed by atoms with Crippen LogP contribution in [0.2, 0.25) is 0 Å². The summed E-state index contributed by atoms with van der Waals surface area (Å²) < 4.78 is 38.4. The van der Waals surface area contributed by atoms with Gasteiger partial charge in [-0.05, 0) is 44.7 Å². The van der Waals surface area contributed by atoms with Gasteiger partial charge in [-0.2, -0.15) is 18.3 Å². The van der Waals surface area contributed by atoms with Crippen molar-refractivity contribution in [3.8, 4) is 0 Å². The van der Waals surface area contributed by atoms with Crippen LogP contribution < -0.4 is 0 Å². The molecule has 3 rings (SSSR count). The van der Waals surface area contributed by atoms with Gasteiger partial charge < -0.3 is 10.0 Å². The lowest BCUT2D eigenvalue weighted by Gasteiger charge is -2.38. The number of amides is 1. The number of aromatic amines is 1. The summed E-state index contributed by atoms with van der Waals surface area (Å²) in [7, 11) is 0. The van der Waals surface area contributed by atoms with E-state index in [2.05, 4.69) is 10.2 Å². The SMILES string of the molecule is O=C(O)CN1CCCCC(N2CCCC(c3cc(C(F)(F)F)n[nH]3)C2)C1=O. The molecule has 0 aromatic carbocycles. The summed E-state index contributed by atoms with van der Waals surface area (Å²) in [5.41, 5.74) is -0.511. The van der Waals surface area contributed by atoms with Crippen molar-refractivity contribution in [3.63, 3.8) is 0 Å². The van der Waals surface area contributed by atoms with E-state index < -0.39 is 23.9 Å². The van der Waals surface area contributed by atoms with E-state index in [1.54, 1.807) is 0 Å². The van der Waals surface area contributed by atoms with Crippen LogP contribution in [0.1, 0.15) is 49.4 Å². The maximum Gasteiger partial charge on any atom is 0.435 e. The van der Waals surface area contributed by atoms with E-state index in [-0.39, 0.29) is 18.4 Å². The van der Waals surface area contributed by atoms with Gasteiger partial charge in [0.05, 0.1) is 6.04 Å². The summed E-state index contributed by atoms with van der Waals surface area (Å²) in [6.07, 6.45) is -0.808.